The van der Waals surface area contributed by atoms with E-state index in [0.29, 0.717) is 0 Å². The lowest BCUT2D eigenvalue weighted by Crippen LogP contribution is -1.85. The topological polar surface area (TPSA) is 0 Å². The number of benzene rings is 5. The Hall–Kier alpha value is -2.86. The van der Waals surface area contributed by atoms with Crippen molar-refractivity contribution in [3.63, 3.8) is 0 Å². The molecule has 5 rings (SSSR count). The summed E-state index contributed by atoms with van der Waals surface area (Å²) in [5, 5.41) is 10.7. The van der Waals surface area contributed by atoms with E-state index in [4.69, 9.17) is 0 Å². The van der Waals surface area contributed by atoms with Gasteiger partial charge >= 0.3 is 0 Å². The molecule has 0 heteroatoms. The van der Waals surface area contributed by atoms with Crippen LogP contribution in [0.1, 0.15) is 5.56 Å². The van der Waals surface area contributed by atoms with Gasteiger partial charge in [0.05, 0.1) is 0 Å². The zero-order valence-electron chi connectivity index (χ0n) is 13.0. The molecule has 0 aliphatic rings. The largest absolute Gasteiger partial charge is 0.0616 e. The van der Waals surface area contributed by atoms with Crippen molar-refractivity contribution in [1.82, 2.24) is 0 Å². The summed E-state index contributed by atoms with van der Waals surface area (Å²) in [4.78, 5) is 0. The molecule has 0 fully saturated rings. The van der Waals surface area contributed by atoms with E-state index in [1.54, 1.807) is 0 Å². The molecular formula is C23H16. The minimum absolute atomic E-state index is 1.30. The Morgan fingerprint density at radius 1 is 0.435 bits per heavy atom. The normalized spacial score (nSPS) is 11.7. The summed E-state index contributed by atoms with van der Waals surface area (Å²) in [6.45, 7) is 2.17. The highest BCUT2D eigenvalue weighted by Crippen LogP contribution is 2.37. The van der Waals surface area contributed by atoms with E-state index in [1.807, 2.05) is 0 Å². The van der Waals surface area contributed by atoms with Gasteiger partial charge in [-0.05, 0) is 62.1 Å². The quantitative estimate of drug-likeness (QED) is 0.222. The molecule has 0 heterocycles. The molecule has 0 unspecified atom stereocenters. The number of fused-ring (bicyclic) bond motifs is 7. The van der Waals surface area contributed by atoms with Gasteiger partial charge < -0.3 is 0 Å². The third-order valence-electron chi connectivity index (χ3n) is 4.86. The van der Waals surface area contributed by atoms with E-state index in [9.17, 15) is 0 Å². The molecule has 5 aromatic carbocycles. The lowest BCUT2D eigenvalue weighted by atomic mass is 9.92. The van der Waals surface area contributed by atoms with E-state index in [1.165, 1.54) is 48.7 Å². The summed E-state index contributed by atoms with van der Waals surface area (Å²) in [5.41, 5.74) is 1.31. The van der Waals surface area contributed by atoms with Crippen molar-refractivity contribution in [3.05, 3.63) is 84.4 Å². The van der Waals surface area contributed by atoms with Crippen LogP contribution in [0.3, 0.4) is 0 Å². The smallest absolute Gasteiger partial charge is 0.00925 e. The van der Waals surface area contributed by atoms with E-state index < -0.39 is 0 Å². The number of aryl methyl sites for hydroxylation is 1. The van der Waals surface area contributed by atoms with E-state index >= 15 is 0 Å². The Balaban J connectivity index is 2.16. The second-order valence-electron chi connectivity index (χ2n) is 6.34. The molecule has 0 N–H and O–H groups in total. The van der Waals surface area contributed by atoms with Gasteiger partial charge in [-0.3, -0.25) is 0 Å². The molecule has 23 heavy (non-hydrogen) atoms. The molecule has 0 spiro atoms. The Morgan fingerprint density at radius 3 is 1.61 bits per heavy atom. The summed E-state index contributed by atoms with van der Waals surface area (Å²) < 4.78 is 0. The summed E-state index contributed by atoms with van der Waals surface area (Å²) in [5.74, 6) is 0. The summed E-state index contributed by atoms with van der Waals surface area (Å²) in [6, 6.07) is 28.9. The number of hydrogen-bond donors (Lipinski definition) is 0. The molecule has 0 nitrogen and oxygen atoms in total. The molecule has 0 radical (unpaired) electrons. The van der Waals surface area contributed by atoms with E-state index in [-0.39, 0.29) is 0 Å². The highest BCUT2D eigenvalue weighted by molar-refractivity contribution is 6.27. The van der Waals surface area contributed by atoms with Crippen molar-refractivity contribution in [1.29, 1.82) is 0 Å². The molecule has 0 saturated heterocycles. The Labute approximate surface area is 135 Å². The van der Waals surface area contributed by atoms with Gasteiger partial charge in [0, 0.05) is 0 Å². The number of hydrogen-bond acceptors (Lipinski definition) is 0. The highest BCUT2D eigenvalue weighted by atomic mass is 14.1. The molecule has 0 aromatic heterocycles. The van der Waals surface area contributed by atoms with Gasteiger partial charge in [0.15, 0.2) is 0 Å². The molecule has 0 atom stereocenters. The number of rotatable bonds is 0. The predicted octanol–water partition coefficient (Wildman–Crippen LogP) is 6.61. The summed E-state index contributed by atoms with van der Waals surface area (Å²) in [6.07, 6.45) is 0. The first-order chi connectivity index (χ1) is 11.3. The van der Waals surface area contributed by atoms with Crippen LogP contribution in [0.4, 0.5) is 0 Å². The first-order valence-corrected chi connectivity index (χ1v) is 8.05. The molecule has 0 aliphatic heterocycles. The van der Waals surface area contributed by atoms with Crippen molar-refractivity contribution in [2.75, 3.05) is 0 Å². The monoisotopic (exact) mass is 292 g/mol. The molecule has 5 aromatic rings. The average Bonchev–Trinajstić information content (AvgIpc) is 2.60. The fourth-order valence-corrected chi connectivity index (χ4v) is 3.75. The molecule has 0 bridgehead atoms. The standard InChI is InChI=1S/C23H16/c1-15-10-11-20-18-8-4-5-9-19(18)22-13-16-6-2-3-7-17(16)14-23(22)21(20)12-15/h2-14H,1H3. The SMILES string of the molecule is Cc1ccc2c3ccccc3c3cc4ccccc4cc3c2c1. The first-order valence-electron chi connectivity index (χ1n) is 8.05. The van der Waals surface area contributed by atoms with Gasteiger partial charge in [-0.25, -0.2) is 0 Å². The minimum Gasteiger partial charge on any atom is -0.0616 e. The average molecular weight is 292 g/mol. The Bertz CT molecular complexity index is 1210. The van der Waals surface area contributed by atoms with Crippen LogP contribution in [0, 0.1) is 6.92 Å². The van der Waals surface area contributed by atoms with Crippen LogP contribution in [0.2, 0.25) is 0 Å². The van der Waals surface area contributed by atoms with E-state index in [2.05, 4.69) is 85.8 Å². The van der Waals surface area contributed by atoms with Crippen molar-refractivity contribution in [2.45, 2.75) is 6.92 Å². The van der Waals surface area contributed by atoms with Crippen LogP contribution in [0.25, 0.3) is 43.1 Å². The zero-order valence-corrected chi connectivity index (χ0v) is 13.0. The second kappa shape index (κ2) is 4.57. The van der Waals surface area contributed by atoms with Crippen LogP contribution < -0.4 is 0 Å². The van der Waals surface area contributed by atoms with Gasteiger partial charge in [0.25, 0.3) is 0 Å². The summed E-state index contributed by atoms with van der Waals surface area (Å²) >= 11 is 0. The fourth-order valence-electron chi connectivity index (χ4n) is 3.75. The van der Waals surface area contributed by atoms with Crippen molar-refractivity contribution in [2.24, 2.45) is 0 Å². The maximum absolute atomic E-state index is 2.35. The lowest BCUT2D eigenvalue weighted by Gasteiger charge is -2.12. The molecular weight excluding hydrogens is 276 g/mol. The van der Waals surface area contributed by atoms with Crippen molar-refractivity contribution < 1.29 is 0 Å². The van der Waals surface area contributed by atoms with Gasteiger partial charge in [0.2, 0.25) is 0 Å². The Kier molecular flexibility index (Phi) is 2.51. The fraction of sp³-hybridized carbons (Fsp3) is 0.0435. The van der Waals surface area contributed by atoms with Crippen LogP contribution in [0.5, 0.6) is 0 Å². The Morgan fingerprint density at radius 2 is 0.913 bits per heavy atom. The summed E-state index contributed by atoms with van der Waals surface area (Å²) in [7, 11) is 0. The van der Waals surface area contributed by atoms with Gasteiger partial charge in [0.1, 0.15) is 0 Å². The maximum atomic E-state index is 2.35. The second-order valence-corrected chi connectivity index (χ2v) is 6.34. The van der Waals surface area contributed by atoms with Gasteiger partial charge in [-0.15, -0.1) is 0 Å². The van der Waals surface area contributed by atoms with Crippen molar-refractivity contribution >= 4 is 43.1 Å². The van der Waals surface area contributed by atoms with Crippen LogP contribution >= 0.6 is 0 Å². The lowest BCUT2D eigenvalue weighted by molar-refractivity contribution is 1.51. The van der Waals surface area contributed by atoms with Crippen LogP contribution in [0.15, 0.2) is 78.9 Å². The maximum Gasteiger partial charge on any atom is -0.00925 e. The molecule has 0 amide bonds. The minimum atomic E-state index is 1.30. The van der Waals surface area contributed by atoms with Gasteiger partial charge in [-0.2, -0.15) is 0 Å². The molecule has 0 saturated carbocycles. The van der Waals surface area contributed by atoms with Crippen LogP contribution in [-0.2, 0) is 0 Å². The molecule has 0 aliphatic carbocycles. The highest BCUT2D eigenvalue weighted by Gasteiger charge is 2.09. The third kappa shape index (κ3) is 1.78. The molecule has 108 valence electrons. The predicted molar refractivity (Wildman–Crippen MR) is 101 cm³/mol. The van der Waals surface area contributed by atoms with Crippen LogP contribution in [-0.4, -0.2) is 0 Å². The van der Waals surface area contributed by atoms with Gasteiger partial charge in [-0.1, -0.05) is 72.3 Å². The first kappa shape index (κ1) is 12.7. The van der Waals surface area contributed by atoms with Crippen molar-refractivity contribution in [3.8, 4) is 0 Å². The van der Waals surface area contributed by atoms with E-state index in [0.717, 1.165) is 0 Å². The zero-order chi connectivity index (χ0) is 15.4. The third-order valence-corrected chi connectivity index (χ3v) is 4.86.